The lowest BCUT2D eigenvalue weighted by Gasteiger charge is -2.10. The highest BCUT2D eigenvalue weighted by Crippen LogP contribution is 2.21. The standard InChI is InChI=1S/C16H15ClN2O3S/c1-12(11-13-7-3-2-4-8-13)16(20)19-23(21,22)18-15-10-6-5-9-14(15)17/h2-11,18H,1H3,(H,19,20). The lowest BCUT2D eigenvalue weighted by Crippen LogP contribution is -2.35. The predicted octanol–water partition coefficient (Wildman–Crippen LogP) is 3.22. The van der Waals surface area contributed by atoms with E-state index in [1.54, 1.807) is 24.3 Å². The van der Waals surface area contributed by atoms with Gasteiger partial charge in [-0.3, -0.25) is 9.52 Å². The molecule has 0 radical (unpaired) electrons. The Kier molecular flexibility index (Phi) is 5.41. The van der Waals surface area contributed by atoms with Gasteiger partial charge in [-0.25, -0.2) is 4.72 Å². The number of carbonyl (C=O) groups is 1. The van der Waals surface area contributed by atoms with E-state index in [0.29, 0.717) is 0 Å². The molecule has 0 unspecified atom stereocenters. The Morgan fingerprint density at radius 3 is 2.30 bits per heavy atom. The van der Waals surface area contributed by atoms with Gasteiger partial charge in [-0.05, 0) is 30.7 Å². The van der Waals surface area contributed by atoms with Gasteiger partial charge in [0.15, 0.2) is 0 Å². The highest BCUT2D eigenvalue weighted by Gasteiger charge is 2.16. The highest BCUT2D eigenvalue weighted by atomic mass is 35.5. The highest BCUT2D eigenvalue weighted by molar-refractivity contribution is 7.91. The van der Waals surface area contributed by atoms with Crippen LogP contribution < -0.4 is 9.44 Å². The molecule has 2 aromatic carbocycles. The lowest BCUT2D eigenvalue weighted by molar-refractivity contribution is -0.115. The Hall–Kier alpha value is -2.31. The Labute approximate surface area is 140 Å². The fourth-order valence-electron chi connectivity index (χ4n) is 1.78. The van der Waals surface area contributed by atoms with Gasteiger partial charge in [-0.15, -0.1) is 0 Å². The lowest BCUT2D eigenvalue weighted by atomic mass is 10.1. The summed E-state index contributed by atoms with van der Waals surface area (Å²) in [5.74, 6) is -0.714. The molecule has 1 amide bonds. The van der Waals surface area contributed by atoms with Crippen molar-refractivity contribution in [3.63, 3.8) is 0 Å². The minimum absolute atomic E-state index is 0.194. The first kappa shape index (κ1) is 17.1. The van der Waals surface area contributed by atoms with E-state index >= 15 is 0 Å². The fourth-order valence-corrected chi connectivity index (χ4v) is 2.94. The SMILES string of the molecule is CC(=Cc1ccccc1)C(=O)NS(=O)(=O)Nc1ccccc1Cl. The van der Waals surface area contributed by atoms with Crippen molar-refractivity contribution in [2.75, 3.05) is 4.72 Å². The van der Waals surface area contributed by atoms with Crippen LogP contribution in [0.4, 0.5) is 5.69 Å². The molecule has 0 heterocycles. The van der Waals surface area contributed by atoms with Crippen molar-refractivity contribution in [1.82, 2.24) is 4.72 Å². The zero-order chi connectivity index (χ0) is 16.9. The van der Waals surface area contributed by atoms with Crippen molar-refractivity contribution in [1.29, 1.82) is 0 Å². The second-order valence-corrected chi connectivity index (χ2v) is 6.58. The molecule has 5 nitrogen and oxygen atoms in total. The van der Waals surface area contributed by atoms with Crippen molar-refractivity contribution in [3.05, 3.63) is 70.8 Å². The van der Waals surface area contributed by atoms with Crippen LogP contribution in [0, 0.1) is 0 Å². The van der Waals surface area contributed by atoms with E-state index in [1.165, 1.54) is 13.0 Å². The van der Waals surface area contributed by atoms with Gasteiger partial charge in [0.2, 0.25) is 0 Å². The molecule has 0 bridgehead atoms. The first-order valence-corrected chi connectivity index (χ1v) is 8.56. The molecule has 0 saturated carbocycles. The van der Waals surface area contributed by atoms with Crippen molar-refractivity contribution in [3.8, 4) is 0 Å². The smallest absolute Gasteiger partial charge is 0.269 e. The van der Waals surface area contributed by atoms with Gasteiger partial charge in [-0.1, -0.05) is 54.1 Å². The van der Waals surface area contributed by atoms with Gasteiger partial charge in [0.25, 0.3) is 5.91 Å². The minimum Gasteiger partial charge on any atom is -0.269 e. The van der Waals surface area contributed by atoms with Gasteiger partial charge < -0.3 is 0 Å². The van der Waals surface area contributed by atoms with E-state index in [1.807, 2.05) is 35.1 Å². The van der Waals surface area contributed by atoms with Gasteiger partial charge in [0.05, 0.1) is 10.7 Å². The van der Waals surface area contributed by atoms with E-state index in [0.717, 1.165) is 5.56 Å². The number of anilines is 1. The monoisotopic (exact) mass is 350 g/mol. The number of para-hydroxylation sites is 1. The van der Waals surface area contributed by atoms with Gasteiger partial charge in [0, 0.05) is 5.57 Å². The summed E-state index contributed by atoms with van der Waals surface area (Å²) in [4.78, 5) is 12.0. The van der Waals surface area contributed by atoms with E-state index in [9.17, 15) is 13.2 Å². The third kappa shape index (κ3) is 5.12. The summed E-state index contributed by atoms with van der Waals surface area (Å²) >= 11 is 5.89. The molecule has 0 spiro atoms. The Morgan fingerprint density at radius 1 is 1.04 bits per heavy atom. The van der Waals surface area contributed by atoms with Crippen LogP contribution in [0.5, 0.6) is 0 Å². The molecular weight excluding hydrogens is 336 g/mol. The van der Waals surface area contributed by atoms with Gasteiger partial charge in [-0.2, -0.15) is 8.42 Å². The fraction of sp³-hybridized carbons (Fsp3) is 0.0625. The maximum Gasteiger partial charge on any atom is 0.324 e. The van der Waals surface area contributed by atoms with Gasteiger partial charge >= 0.3 is 10.2 Å². The molecule has 0 aliphatic rings. The van der Waals surface area contributed by atoms with Crippen molar-refractivity contribution < 1.29 is 13.2 Å². The first-order valence-electron chi connectivity index (χ1n) is 6.70. The van der Waals surface area contributed by atoms with Crippen LogP contribution >= 0.6 is 11.6 Å². The second kappa shape index (κ2) is 7.30. The van der Waals surface area contributed by atoms with Crippen LogP contribution in [0.2, 0.25) is 5.02 Å². The maximum absolute atomic E-state index is 12.0. The number of hydrogen-bond acceptors (Lipinski definition) is 3. The molecule has 0 aliphatic heterocycles. The summed E-state index contributed by atoms with van der Waals surface area (Å²) < 4.78 is 28.1. The molecule has 120 valence electrons. The quantitative estimate of drug-likeness (QED) is 0.813. The Bertz CT molecular complexity index is 833. The average molecular weight is 351 g/mol. The van der Waals surface area contributed by atoms with Crippen molar-refractivity contribution in [2.45, 2.75) is 6.92 Å². The zero-order valence-electron chi connectivity index (χ0n) is 12.3. The molecule has 2 aromatic rings. The molecule has 0 atom stereocenters. The number of benzene rings is 2. The normalized spacial score (nSPS) is 11.8. The van der Waals surface area contributed by atoms with Crippen LogP contribution in [0.25, 0.3) is 6.08 Å². The number of nitrogens with one attached hydrogen (secondary N) is 2. The summed E-state index contributed by atoms with van der Waals surface area (Å²) in [6.45, 7) is 1.54. The molecule has 0 aliphatic carbocycles. The third-order valence-electron chi connectivity index (χ3n) is 2.89. The molecule has 0 fully saturated rings. The van der Waals surface area contributed by atoms with E-state index < -0.39 is 16.1 Å². The third-order valence-corrected chi connectivity index (χ3v) is 4.16. The second-order valence-electron chi connectivity index (χ2n) is 4.75. The number of halogens is 1. The van der Waals surface area contributed by atoms with E-state index in [-0.39, 0.29) is 16.3 Å². The summed E-state index contributed by atoms with van der Waals surface area (Å²) in [7, 11) is -4.07. The molecule has 23 heavy (non-hydrogen) atoms. The molecular formula is C16H15ClN2O3S. The van der Waals surface area contributed by atoms with Crippen LogP contribution in [0.15, 0.2) is 60.2 Å². The van der Waals surface area contributed by atoms with Crippen LogP contribution in [-0.2, 0) is 15.0 Å². The van der Waals surface area contributed by atoms with E-state index in [4.69, 9.17) is 11.6 Å². The summed E-state index contributed by atoms with van der Waals surface area (Å²) in [6, 6.07) is 15.5. The molecule has 0 saturated heterocycles. The molecule has 2 N–H and O–H groups in total. The largest absolute Gasteiger partial charge is 0.324 e. The predicted molar refractivity (Wildman–Crippen MR) is 92.2 cm³/mol. The molecule has 0 aromatic heterocycles. The maximum atomic E-state index is 12.0. The Balaban J connectivity index is 2.09. The summed E-state index contributed by atoms with van der Waals surface area (Å²) in [6.07, 6.45) is 1.60. The average Bonchev–Trinajstić information content (AvgIpc) is 2.50. The number of carbonyl (C=O) groups excluding carboxylic acids is 1. The van der Waals surface area contributed by atoms with Crippen LogP contribution in [0.1, 0.15) is 12.5 Å². The number of rotatable bonds is 5. The molecule has 7 heteroatoms. The number of amides is 1. The molecule has 2 rings (SSSR count). The number of hydrogen-bond donors (Lipinski definition) is 2. The van der Waals surface area contributed by atoms with Gasteiger partial charge in [0.1, 0.15) is 0 Å². The van der Waals surface area contributed by atoms with E-state index in [2.05, 4.69) is 4.72 Å². The van der Waals surface area contributed by atoms with Crippen molar-refractivity contribution in [2.24, 2.45) is 0 Å². The zero-order valence-corrected chi connectivity index (χ0v) is 13.9. The summed E-state index contributed by atoms with van der Waals surface area (Å²) in [5, 5.41) is 0.238. The van der Waals surface area contributed by atoms with Crippen LogP contribution in [0.3, 0.4) is 0 Å². The van der Waals surface area contributed by atoms with Crippen LogP contribution in [-0.4, -0.2) is 14.3 Å². The first-order chi connectivity index (χ1) is 10.9. The minimum atomic E-state index is -4.07. The van der Waals surface area contributed by atoms with Crippen molar-refractivity contribution >= 4 is 39.5 Å². The summed E-state index contributed by atoms with van der Waals surface area (Å²) in [5.41, 5.74) is 1.26. The Morgan fingerprint density at radius 2 is 1.65 bits per heavy atom. The topological polar surface area (TPSA) is 75.3 Å².